The summed E-state index contributed by atoms with van der Waals surface area (Å²) < 4.78 is 26.7. The van der Waals surface area contributed by atoms with Gasteiger partial charge in [0.15, 0.2) is 0 Å². The van der Waals surface area contributed by atoms with Crippen LogP contribution in [0.4, 0.5) is 5.69 Å². The summed E-state index contributed by atoms with van der Waals surface area (Å²) >= 11 is 0. The minimum atomic E-state index is -3.43. The molecule has 0 aromatic heterocycles. The van der Waals surface area contributed by atoms with E-state index < -0.39 is 10.0 Å². The second-order valence-corrected chi connectivity index (χ2v) is 7.44. The van der Waals surface area contributed by atoms with E-state index in [9.17, 15) is 13.2 Å². The zero-order valence-electron chi connectivity index (χ0n) is 12.5. The Balaban J connectivity index is 2.07. The molecular formula is C15H22N2O3S. The molecule has 1 saturated heterocycles. The number of hydrogen-bond acceptors (Lipinski definition) is 4. The van der Waals surface area contributed by atoms with Gasteiger partial charge in [0.25, 0.3) is 0 Å². The third-order valence-electron chi connectivity index (χ3n) is 3.64. The average Bonchev–Trinajstić information content (AvgIpc) is 2.46. The molecule has 5 nitrogen and oxygen atoms in total. The summed E-state index contributed by atoms with van der Waals surface area (Å²) in [6, 6.07) is 6.79. The Labute approximate surface area is 126 Å². The van der Waals surface area contributed by atoms with E-state index in [-0.39, 0.29) is 16.9 Å². The highest BCUT2D eigenvalue weighted by Crippen LogP contribution is 2.23. The predicted octanol–water partition coefficient (Wildman–Crippen LogP) is 1.79. The van der Waals surface area contributed by atoms with Gasteiger partial charge in [-0.2, -0.15) is 0 Å². The smallest absolute Gasteiger partial charge is 0.240 e. The molecule has 0 bridgehead atoms. The molecule has 0 saturated carbocycles. The zero-order valence-corrected chi connectivity index (χ0v) is 13.3. The quantitative estimate of drug-likeness (QED) is 0.842. The van der Waals surface area contributed by atoms with Crippen molar-refractivity contribution in [2.24, 2.45) is 5.92 Å². The molecule has 0 atom stereocenters. The Bertz CT molecular complexity index is 573. The molecule has 1 aliphatic rings. The summed E-state index contributed by atoms with van der Waals surface area (Å²) in [6.45, 7) is 5.26. The summed E-state index contributed by atoms with van der Waals surface area (Å²) in [4.78, 5) is 13.2. The van der Waals surface area contributed by atoms with Crippen LogP contribution in [0.15, 0.2) is 29.2 Å². The van der Waals surface area contributed by atoms with Gasteiger partial charge in [0.1, 0.15) is 6.29 Å². The van der Waals surface area contributed by atoms with Crippen molar-refractivity contribution in [1.82, 2.24) is 4.72 Å². The van der Waals surface area contributed by atoms with E-state index >= 15 is 0 Å². The van der Waals surface area contributed by atoms with Crippen LogP contribution in [-0.2, 0) is 14.8 Å². The van der Waals surface area contributed by atoms with Crippen LogP contribution in [-0.4, -0.2) is 33.8 Å². The van der Waals surface area contributed by atoms with Crippen molar-refractivity contribution in [3.8, 4) is 0 Å². The third kappa shape index (κ3) is 4.04. The van der Waals surface area contributed by atoms with Crippen molar-refractivity contribution < 1.29 is 13.2 Å². The Hall–Kier alpha value is -1.40. The van der Waals surface area contributed by atoms with Crippen LogP contribution in [0.5, 0.6) is 0 Å². The molecule has 0 unspecified atom stereocenters. The maximum atomic E-state index is 12.0. The SMILES string of the molecule is CC(C)NS(=O)(=O)c1ccc(N2CCC(C=O)CC2)cc1. The van der Waals surface area contributed by atoms with E-state index in [4.69, 9.17) is 0 Å². The van der Waals surface area contributed by atoms with Gasteiger partial charge in [-0.05, 0) is 51.0 Å². The summed E-state index contributed by atoms with van der Waals surface area (Å²) in [5.41, 5.74) is 1.00. The maximum Gasteiger partial charge on any atom is 0.240 e. The lowest BCUT2D eigenvalue weighted by Crippen LogP contribution is -2.34. The summed E-state index contributed by atoms with van der Waals surface area (Å²) in [5.74, 6) is 0.163. The van der Waals surface area contributed by atoms with Crippen LogP contribution >= 0.6 is 0 Å². The first kappa shape index (κ1) is 16.0. The summed E-state index contributed by atoms with van der Waals surface area (Å²) in [7, 11) is -3.43. The van der Waals surface area contributed by atoms with E-state index in [1.54, 1.807) is 26.0 Å². The van der Waals surface area contributed by atoms with Crippen molar-refractivity contribution in [3.05, 3.63) is 24.3 Å². The number of benzene rings is 1. The first-order chi connectivity index (χ1) is 9.92. The first-order valence-electron chi connectivity index (χ1n) is 7.25. The van der Waals surface area contributed by atoms with Gasteiger partial charge in [-0.3, -0.25) is 0 Å². The lowest BCUT2D eigenvalue weighted by Gasteiger charge is -2.31. The van der Waals surface area contributed by atoms with Gasteiger partial charge in [-0.1, -0.05) is 0 Å². The lowest BCUT2D eigenvalue weighted by molar-refractivity contribution is -0.111. The first-order valence-corrected chi connectivity index (χ1v) is 8.73. The predicted molar refractivity (Wildman–Crippen MR) is 82.9 cm³/mol. The van der Waals surface area contributed by atoms with Gasteiger partial charge in [0.05, 0.1) is 4.90 Å². The normalized spacial score (nSPS) is 17.2. The lowest BCUT2D eigenvalue weighted by atomic mass is 9.98. The number of nitrogens with one attached hydrogen (secondary N) is 1. The molecule has 6 heteroatoms. The Morgan fingerprint density at radius 3 is 2.24 bits per heavy atom. The van der Waals surface area contributed by atoms with Gasteiger partial charge in [-0.15, -0.1) is 0 Å². The largest absolute Gasteiger partial charge is 0.371 e. The van der Waals surface area contributed by atoms with Gasteiger partial charge in [0.2, 0.25) is 10.0 Å². The van der Waals surface area contributed by atoms with E-state index in [0.29, 0.717) is 0 Å². The van der Waals surface area contributed by atoms with Crippen LogP contribution in [0, 0.1) is 5.92 Å². The molecule has 1 fully saturated rings. The van der Waals surface area contributed by atoms with Crippen LogP contribution in [0.3, 0.4) is 0 Å². The number of piperidine rings is 1. The van der Waals surface area contributed by atoms with Gasteiger partial charge < -0.3 is 9.69 Å². The molecular weight excluding hydrogens is 288 g/mol. The van der Waals surface area contributed by atoms with Crippen LogP contribution in [0.2, 0.25) is 0 Å². The van der Waals surface area contributed by atoms with E-state index in [0.717, 1.165) is 37.9 Å². The van der Waals surface area contributed by atoms with Gasteiger partial charge in [-0.25, -0.2) is 13.1 Å². The van der Waals surface area contributed by atoms with E-state index in [1.165, 1.54) is 0 Å². The molecule has 2 rings (SSSR count). The molecule has 1 aliphatic heterocycles. The number of carbonyl (C=O) groups is 1. The summed E-state index contributed by atoms with van der Waals surface area (Å²) in [6.07, 6.45) is 2.75. The highest BCUT2D eigenvalue weighted by Gasteiger charge is 2.20. The van der Waals surface area contributed by atoms with Crippen LogP contribution in [0.1, 0.15) is 26.7 Å². The number of rotatable bonds is 5. The number of aldehydes is 1. The molecule has 21 heavy (non-hydrogen) atoms. The fraction of sp³-hybridized carbons (Fsp3) is 0.533. The Morgan fingerprint density at radius 1 is 1.19 bits per heavy atom. The van der Waals surface area contributed by atoms with Crippen molar-refractivity contribution in [1.29, 1.82) is 0 Å². The topological polar surface area (TPSA) is 66.5 Å². The molecule has 0 amide bonds. The molecule has 0 spiro atoms. The minimum absolute atomic E-state index is 0.128. The molecule has 1 aromatic carbocycles. The molecule has 1 heterocycles. The fourth-order valence-electron chi connectivity index (χ4n) is 2.51. The van der Waals surface area contributed by atoms with Crippen molar-refractivity contribution in [2.45, 2.75) is 37.6 Å². The van der Waals surface area contributed by atoms with E-state index in [1.807, 2.05) is 12.1 Å². The monoisotopic (exact) mass is 310 g/mol. The number of nitrogens with zero attached hydrogens (tertiary/aromatic N) is 1. The number of anilines is 1. The average molecular weight is 310 g/mol. The zero-order chi connectivity index (χ0) is 15.5. The Morgan fingerprint density at radius 2 is 1.76 bits per heavy atom. The highest BCUT2D eigenvalue weighted by atomic mass is 32.2. The molecule has 1 N–H and O–H groups in total. The molecule has 1 aromatic rings. The standard InChI is InChI=1S/C15H22N2O3S/c1-12(2)16-21(19,20)15-5-3-14(4-6-15)17-9-7-13(11-18)8-10-17/h3-6,11-13,16H,7-10H2,1-2H3. The molecule has 0 aliphatic carbocycles. The van der Waals surface area contributed by atoms with Crippen LogP contribution in [0.25, 0.3) is 0 Å². The minimum Gasteiger partial charge on any atom is -0.371 e. The number of carbonyl (C=O) groups excluding carboxylic acids is 1. The number of sulfonamides is 1. The second kappa shape index (κ2) is 6.58. The van der Waals surface area contributed by atoms with Gasteiger partial charge in [0, 0.05) is 30.7 Å². The van der Waals surface area contributed by atoms with Crippen molar-refractivity contribution >= 4 is 22.0 Å². The van der Waals surface area contributed by atoms with Crippen molar-refractivity contribution in [3.63, 3.8) is 0 Å². The van der Waals surface area contributed by atoms with E-state index in [2.05, 4.69) is 9.62 Å². The maximum absolute atomic E-state index is 12.0. The molecule has 116 valence electrons. The van der Waals surface area contributed by atoms with Crippen molar-refractivity contribution in [2.75, 3.05) is 18.0 Å². The van der Waals surface area contributed by atoms with Gasteiger partial charge >= 0.3 is 0 Å². The Kier molecular flexibility index (Phi) is 5.00. The molecule has 0 radical (unpaired) electrons. The highest BCUT2D eigenvalue weighted by molar-refractivity contribution is 7.89. The fourth-order valence-corrected chi connectivity index (χ4v) is 3.76. The number of hydrogen-bond donors (Lipinski definition) is 1. The van der Waals surface area contributed by atoms with Crippen LogP contribution < -0.4 is 9.62 Å². The second-order valence-electron chi connectivity index (χ2n) is 5.73. The summed E-state index contributed by atoms with van der Waals surface area (Å²) in [5, 5.41) is 0. The third-order valence-corrected chi connectivity index (χ3v) is 5.31.